The molecule has 26 heavy (non-hydrogen) atoms. The standard InChI is InChI=1S/C21H21Cl2N3/c22-15-3-1-14(2-4-15)13-25-17-6-7-18(12-17)26-20-9-10-24-21-11-16(23)5-8-19(20)21/h1-5,8-11,17-18,25H,6-7,12-13H2,(H,24,26). The first-order valence-corrected chi connectivity index (χ1v) is 9.71. The molecule has 2 aromatic carbocycles. The number of pyridine rings is 1. The van der Waals surface area contributed by atoms with Crippen LogP contribution in [0.2, 0.25) is 10.0 Å². The van der Waals surface area contributed by atoms with E-state index >= 15 is 0 Å². The van der Waals surface area contributed by atoms with Crippen LogP contribution in [0.3, 0.4) is 0 Å². The summed E-state index contributed by atoms with van der Waals surface area (Å²) in [6.45, 7) is 0.880. The van der Waals surface area contributed by atoms with Gasteiger partial charge in [0, 0.05) is 45.9 Å². The van der Waals surface area contributed by atoms with Crippen molar-refractivity contribution in [3.8, 4) is 0 Å². The second kappa shape index (κ2) is 7.83. The van der Waals surface area contributed by atoms with Gasteiger partial charge in [0.2, 0.25) is 0 Å². The van der Waals surface area contributed by atoms with Crippen LogP contribution in [0.5, 0.6) is 0 Å². The Kier molecular flexibility index (Phi) is 5.30. The average Bonchev–Trinajstić information content (AvgIpc) is 3.09. The Labute approximate surface area is 163 Å². The molecule has 0 radical (unpaired) electrons. The largest absolute Gasteiger partial charge is 0.382 e. The summed E-state index contributed by atoms with van der Waals surface area (Å²) in [5.74, 6) is 0. The number of nitrogens with one attached hydrogen (secondary N) is 2. The molecule has 2 unspecified atom stereocenters. The quantitative estimate of drug-likeness (QED) is 0.594. The first-order valence-electron chi connectivity index (χ1n) is 8.96. The molecule has 0 spiro atoms. The van der Waals surface area contributed by atoms with Gasteiger partial charge >= 0.3 is 0 Å². The predicted octanol–water partition coefficient (Wildman–Crippen LogP) is 5.66. The van der Waals surface area contributed by atoms with Gasteiger partial charge in [-0.1, -0.05) is 35.3 Å². The van der Waals surface area contributed by atoms with Crippen LogP contribution in [0.4, 0.5) is 5.69 Å². The van der Waals surface area contributed by atoms with E-state index in [0.29, 0.717) is 12.1 Å². The van der Waals surface area contributed by atoms with Crippen molar-refractivity contribution in [3.05, 3.63) is 70.3 Å². The Morgan fingerprint density at radius 1 is 0.923 bits per heavy atom. The SMILES string of the molecule is Clc1ccc(CNC2CCC(Nc3ccnc4cc(Cl)ccc34)C2)cc1. The summed E-state index contributed by atoms with van der Waals surface area (Å²) in [6.07, 6.45) is 5.30. The number of nitrogens with zero attached hydrogens (tertiary/aromatic N) is 1. The van der Waals surface area contributed by atoms with Crippen LogP contribution in [0.15, 0.2) is 54.7 Å². The van der Waals surface area contributed by atoms with Gasteiger partial charge in [-0.15, -0.1) is 0 Å². The van der Waals surface area contributed by atoms with E-state index in [1.54, 1.807) is 0 Å². The van der Waals surface area contributed by atoms with Crippen LogP contribution in [-0.4, -0.2) is 17.1 Å². The summed E-state index contributed by atoms with van der Waals surface area (Å²) in [5.41, 5.74) is 3.33. The molecule has 2 atom stereocenters. The molecule has 1 aromatic heterocycles. The number of halogens is 2. The van der Waals surface area contributed by atoms with Gasteiger partial charge in [0.05, 0.1) is 5.52 Å². The van der Waals surface area contributed by atoms with Crippen LogP contribution in [0.1, 0.15) is 24.8 Å². The molecule has 3 aromatic rings. The van der Waals surface area contributed by atoms with E-state index in [1.165, 1.54) is 12.0 Å². The Morgan fingerprint density at radius 2 is 1.69 bits per heavy atom. The fourth-order valence-corrected chi connectivity index (χ4v) is 3.92. The minimum Gasteiger partial charge on any atom is -0.382 e. The van der Waals surface area contributed by atoms with Gasteiger partial charge in [0.25, 0.3) is 0 Å². The lowest BCUT2D eigenvalue weighted by molar-refractivity contribution is 0.520. The second-order valence-electron chi connectivity index (χ2n) is 6.88. The van der Waals surface area contributed by atoms with Crippen molar-refractivity contribution >= 4 is 39.8 Å². The lowest BCUT2D eigenvalue weighted by Gasteiger charge is -2.17. The lowest BCUT2D eigenvalue weighted by Crippen LogP contribution is -2.27. The fourth-order valence-electron chi connectivity index (χ4n) is 3.63. The molecule has 1 aliphatic carbocycles. The number of rotatable bonds is 5. The molecule has 0 bridgehead atoms. The number of hydrogen-bond donors (Lipinski definition) is 2. The predicted molar refractivity (Wildman–Crippen MR) is 110 cm³/mol. The van der Waals surface area contributed by atoms with Crippen molar-refractivity contribution in [1.29, 1.82) is 0 Å². The van der Waals surface area contributed by atoms with E-state index in [0.717, 1.165) is 46.0 Å². The molecule has 2 N–H and O–H groups in total. The molecule has 1 saturated carbocycles. The molecule has 0 aliphatic heterocycles. The van der Waals surface area contributed by atoms with Crippen LogP contribution in [0.25, 0.3) is 10.9 Å². The summed E-state index contributed by atoms with van der Waals surface area (Å²) in [4.78, 5) is 4.42. The average molecular weight is 386 g/mol. The zero-order chi connectivity index (χ0) is 17.9. The van der Waals surface area contributed by atoms with E-state index in [4.69, 9.17) is 23.2 Å². The number of benzene rings is 2. The monoisotopic (exact) mass is 385 g/mol. The molecule has 1 aliphatic rings. The van der Waals surface area contributed by atoms with Gasteiger partial charge in [0.15, 0.2) is 0 Å². The fraction of sp³-hybridized carbons (Fsp3) is 0.286. The summed E-state index contributed by atoms with van der Waals surface area (Å²) < 4.78 is 0. The topological polar surface area (TPSA) is 37.0 Å². The number of aromatic nitrogens is 1. The molecule has 4 rings (SSSR count). The van der Waals surface area contributed by atoms with Crippen molar-refractivity contribution < 1.29 is 0 Å². The molecular weight excluding hydrogens is 365 g/mol. The minimum absolute atomic E-state index is 0.471. The van der Waals surface area contributed by atoms with Crippen LogP contribution >= 0.6 is 23.2 Å². The number of fused-ring (bicyclic) bond motifs is 1. The first-order chi connectivity index (χ1) is 12.7. The van der Waals surface area contributed by atoms with E-state index in [2.05, 4.69) is 27.8 Å². The van der Waals surface area contributed by atoms with E-state index in [1.807, 2.05) is 42.6 Å². The van der Waals surface area contributed by atoms with Gasteiger partial charge < -0.3 is 10.6 Å². The molecule has 3 nitrogen and oxygen atoms in total. The highest BCUT2D eigenvalue weighted by Gasteiger charge is 2.24. The number of anilines is 1. The highest BCUT2D eigenvalue weighted by Crippen LogP contribution is 2.28. The molecule has 1 heterocycles. The zero-order valence-electron chi connectivity index (χ0n) is 14.4. The maximum Gasteiger partial charge on any atom is 0.0737 e. The van der Waals surface area contributed by atoms with Crippen molar-refractivity contribution in [2.75, 3.05) is 5.32 Å². The van der Waals surface area contributed by atoms with Gasteiger partial charge in [-0.25, -0.2) is 0 Å². The Morgan fingerprint density at radius 3 is 2.54 bits per heavy atom. The minimum atomic E-state index is 0.471. The van der Waals surface area contributed by atoms with Crippen LogP contribution in [-0.2, 0) is 6.54 Å². The van der Waals surface area contributed by atoms with E-state index < -0.39 is 0 Å². The molecule has 0 amide bonds. The molecule has 1 fully saturated rings. The first kappa shape index (κ1) is 17.6. The van der Waals surface area contributed by atoms with Gasteiger partial charge in [-0.3, -0.25) is 4.98 Å². The Balaban J connectivity index is 1.36. The third kappa shape index (κ3) is 4.12. The number of hydrogen-bond acceptors (Lipinski definition) is 3. The zero-order valence-corrected chi connectivity index (χ0v) is 15.9. The third-order valence-corrected chi connectivity index (χ3v) is 5.49. The third-order valence-electron chi connectivity index (χ3n) is 5.01. The summed E-state index contributed by atoms with van der Waals surface area (Å²) in [6, 6.07) is 17.0. The van der Waals surface area contributed by atoms with E-state index in [9.17, 15) is 0 Å². The molecular formula is C21H21Cl2N3. The van der Waals surface area contributed by atoms with E-state index in [-0.39, 0.29) is 0 Å². The Bertz CT molecular complexity index is 895. The summed E-state index contributed by atoms with van der Waals surface area (Å²) >= 11 is 12.0. The van der Waals surface area contributed by atoms with Gasteiger partial charge in [-0.2, -0.15) is 0 Å². The van der Waals surface area contributed by atoms with Crippen LogP contribution < -0.4 is 10.6 Å². The van der Waals surface area contributed by atoms with Crippen molar-refractivity contribution in [1.82, 2.24) is 10.3 Å². The summed E-state index contributed by atoms with van der Waals surface area (Å²) in [5, 5.41) is 9.98. The van der Waals surface area contributed by atoms with Crippen LogP contribution in [0, 0.1) is 0 Å². The van der Waals surface area contributed by atoms with Crippen molar-refractivity contribution in [3.63, 3.8) is 0 Å². The lowest BCUT2D eigenvalue weighted by atomic mass is 10.1. The van der Waals surface area contributed by atoms with Crippen molar-refractivity contribution in [2.24, 2.45) is 0 Å². The Hall–Kier alpha value is -1.81. The maximum atomic E-state index is 6.08. The van der Waals surface area contributed by atoms with Crippen molar-refractivity contribution in [2.45, 2.75) is 37.9 Å². The molecule has 0 saturated heterocycles. The van der Waals surface area contributed by atoms with Gasteiger partial charge in [0.1, 0.15) is 0 Å². The highest BCUT2D eigenvalue weighted by molar-refractivity contribution is 6.31. The summed E-state index contributed by atoms with van der Waals surface area (Å²) in [7, 11) is 0. The normalized spacial score (nSPS) is 19.8. The highest BCUT2D eigenvalue weighted by atomic mass is 35.5. The molecule has 134 valence electrons. The smallest absolute Gasteiger partial charge is 0.0737 e. The maximum absolute atomic E-state index is 6.08. The molecule has 5 heteroatoms. The second-order valence-corrected chi connectivity index (χ2v) is 7.75. The van der Waals surface area contributed by atoms with Gasteiger partial charge in [-0.05, 0) is 61.2 Å².